The summed E-state index contributed by atoms with van der Waals surface area (Å²) in [6, 6.07) is 4.17. The summed E-state index contributed by atoms with van der Waals surface area (Å²) in [7, 11) is 2.06. The molecule has 8 nitrogen and oxygen atoms in total. The monoisotopic (exact) mass is 427 g/mol. The number of carbonyl (C=O) groups is 1. The predicted molar refractivity (Wildman–Crippen MR) is 119 cm³/mol. The Balaban J connectivity index is 1.26. The summed E-state index contributed by atoms with van der Waals surface area (Å²) in [5.41, 5.74) is 1.83. The van der Waals surface area contributed by atoms with Gasteiger partial charge in [-0.1, -0.05) is 4.49 Å². The van der Waals surface area contributed by atoms with Crippen molar-refractivity contribution in [1.29, 1.82) is 0 Å². The molecule has 0 atom stereocenters. The maximum absolute atomic E-state index is 13.1. The molecule has 1 amide bonds. The zero-order valence-electron chi connectivity index (χ0n) is 17.5. The molecule has 0 aromatic carbocycles. The number of aliphatic imine (C=N–C) groups is 1. The first-order valence-electron chi connectivity index (χ1n) is 10.6. The molecule has 4 rings (SSSR count). The summed E-state index contributed by atoms with van der Waals surface area (Å²) in [5, 5.41) is 6.12. The Kier molecular flexibility index (Phi) is 6.69. The van der Waals surface area contributed by atoms with Crippen LogP contribution in [-0.2, 0) is 11.3 Å². The molecule has 2 aliphatic rings. The number of aromatic nitrogens is 3. The summed E-state index contributed by atoms with van der Waals surface area (Å²) >= 11 is 1.39. The number of nitrogens with zero attached hydrogens (tertiary/aromatic N) is 7. The molecule has 0 saturated carbocycles. The Morgan fingerprint density at radius 2 is 2.03 bits per heavy atom. The van der Waals surface area contributed by atoms with Crippen LogP contribution in [0.5, 0.6) is 0 Å². The molecule has 0 N–H and O–H groups in total. The van der Waals surface area contributed by atoms with Crippen molar-refractivity contribution in [3.8, 4) is 0 Å². The molecule has 2 aromatic rings. The van der Waals surface area contributed by atoms with Crippen LogP contribution < -0.4 is 4.90 Å². The fourth-order valence-corrected chi connectivity index (χ4v) is 4.95. The normalized spacial score (nSPS) is 19.0. The topological polar surface area (TPSA) is 77.8 Å². The maximum Gasteiger partial charge on any atom is 0.225 e. The van der Waals surface area contributed by atoms with Gasteiger partial charge in [0.15, 0.2) is 5.82 Å². The average molecular weight is 428 g/mol. The van der Waals surface area contributed by atoms with Gasteiger partial charge in [-0.2, -0.15) is 0 Å². The molecule has 0 aliphatic carbocycles. The Hall–Kier alpha value is -2.39. The van der Waals surface area contributed by atoms with E-state index in [9.17, 15) is 4.79 Å². The standard InChI is InChI=1S/C21H29N7OS/c1-22-19-4-3-9-23-20(19)26(2)18-7-12-28(13-8-18)21(29)16-5-10-27(11-6-16)14-17-15-30-25-24-17/h3-4,9,15-16,18H,1,5-8,10-14H2,2H3. The molecule has 0 spiro atoms. The van der Waals surface area contributed by atoms with E-state index in [2.05, 4.69) is 48.0 Å². The number of likely N-dealkylation sites (tertiary alicyclic amines) is 2. The van der Waals surface area contributed by atoms with Crippen LogP contribution in [0.1, 0.15) is 31.4 Å². The summed E-state index contributed by atoms with van der Waals surface area (Å²) in [6.45, 7) is 8.00. The lowest BCUT2D eigenvalue weighted by Gasteiger charge is -2.40. The molecule has 2 aromatic heterocycles. The van der Waals surface area contributed by atoms with Crippen molar-refractivity contribution < 1.29 is 4.79 Å². The number of hydrogen-bond acceptors (Lipinski definition) is 8. The molecule has 2 saturated heterocycles. The smallest absolute Gasteiger partial charge is 0.225 e. The number of anilines is 1. The van der Waals surface area contributed by atoms with Crippen molar-refractivity contribution in [1.82, 2.24) is 24.4 Å². The Morgan fingerprint density at radius 1 is 1.27 bits per heavy atom. The molecular weight excluding hydrogens is 398 g/mol. The zero-order valence-corrected chi connectivity index (χ0v) is 18.3. The lowest BCUT2D eigenvalue weighted by atomic mass is 9.93. The molecule has 0 unspecified atom stereocenters. The number of carbonyl (C=O) groups excluding carboxylic acids is 1. The molecule has 2 fully saturated rings. The SMILES string of the molecule is C=Nc1cccnc1N(C)C1CCN(C(=O)C2CCN(Cc3csnn3)CC2)CC1. The lowest BCUT2D eigenvalue weighted by Crippen LogP contribution is -2.49. The van der Waals surface area contributed by atoms with Crippen LogP contribution in [0.4, 0.5) is 11.5 Å². The molecule has 9 heteroatoms. The van der Waals surface area contributed by atoms with Crippen LogP contribution in [0, 0.1) is 5.92 Å². The molecular formula is C21H29N7OS. The minimum atomic E-state index is 0.149. The largest absolute Gasteiger partial charge is 0.355 e. The van der Waals surface area contributed by atoms with Gasteiger partial charge >= 0.3 is 0 Å². The summed E-state index contributed by atoms with van der Waals surface area (Å²) < 4.78 is 3.93. The summed E-state index contributed by atoms with van der Waals surface area (Å²) in [6.07, 6.45) is 5.55. The van der Waals surface area contributed by atoms with Gasteiger partial charge in [-0.15, -0.1) is 5.10 Å². The van der Waals surface area contributed by atoms with Crippen LogP contribution in [0.2, 0.25) is 0 Å². The van der Waals surface area contributed by atoms with E-state index in [-0.39, 0.29) is 5.92 Å². The van der Waals surface area contributed by atoms with Gasteiger partial charge in [0, 0.05) is 50.2 Å². The third-order valence-corrected chi connectivity index (χ3v) is 6.88. The van der Waals surface area contributed by atoms with Crippen molar-refractivity contribution in [3.63, 3.8) is 0 Å². The number of pyridine rings is 1. The molecule has 2 aliphatic heterocycles. The van der Waals surface area contributed by atoms with Crippen LogP contribution in [-0.4, -0.2) is 76.3 Å². The Labute approximate surface area is 181 Å². The van der Waals surface area contributed by atoms with Gasteiger partial charge in [0.2, 0.25) is 5.91 Å². The van der Waals surface area contributed by atoms with Crippen LogP contribution in [0.3, 0.4) is 0 Å². The third-order valence-electron chi connectivity index (χ3n) is 6.32. The van der Waals surface area contributed by atoms with Gasteiger partial charge in [0.1, 0.15) is 5.69 Å². The van der Waals surface area contributed by atoms with Gasteiger partial charge in [-0.3, -0.25) is 14.7 Å². The molecule has 0 radical (unpaired) electrons. The molecule has 0 bridgehead atoms. The highest BCUT2D eigenvalue weighted by Crippen LogP contribution is 2.29. The number of piperidine rings is 2. The fourth-order valence-electron chi connectivity index (χ4n) is 4.51. The van der Waals surface area contributed by atoms with Gasteiger partial charge in [0.05, 0.1) is 5.69 Å². The van der Waals surface area contributed by atoms with Crippen LogP contribution in [0.15, 0.2) is 28.7 Å². The second-order valence-electron chi connectivity index (χ2n) is 8.12. The van der Waals surface area contributed by atoms with Crippen molar-refractivity contribution >= 4 is 35.7 Å². The van der Waals surface area contributed by atoms with E-state index in [1.165, 1.54) is 11.5 Å². The molecule has 30 heavy (non-hydrogen) atoms. The summed E-state index contributed by atoms with van der Waals surface area (Å²) in [5.74, 6) is 1.34. The third kappa shape index (κ3) is 4.67. The highest BCUT2D eigenvalue weighted by molar-refractivity contribution is 7.03. The predicted octanol–water partition coefficient (Wildman–Crippen LogP) is 2.60. The van der Waals surface area contributed by atoms with E-state index in [0.29, 0.717) is 11.9 Å². The highest BCUT2D eigenvalue weighted by atomic mass is 32.1. The first-order valence-corrected chi connectivity index (χ1v) is 11.4. The van der Waals surface area contributed by atoms with Crippen LogP contribution in [0.25, 0.3) is 0 Å². The van der Waals surface area contributed by atoms with Gasteiger partial charge in [-0.05, 0) is 69.2 Å². The van der Waals surface area contributed by atoms with E-state index in [0.717, 1.165) is 75.6 Å². The van der Waals surface area contributed by atoms with Crippen molar-refractivity contribution in [2.75, 3.05) is 38.1 Å². The number of amides is 1. The van der Waals surface area contributed by atoms with E-state index < -0.39 is 0 Å². The van der Waals surface area contributed by atoms with E-state index >= 15 is 0 Å². The maximum atomic E-state index is 13.1. The van der Waals surface area contributed by atoms with Gasteiger partial charge in [-0.25, -0.2) is 4.98 Å². The summed E-state index contributed by atoms with van der Waals surface area (Å²) in [4.78, 5) is 28.3. The lowest BCUT2D eigenvalue weighted by molar-refractivity contribution is -0.138. The Morgan fingerprint density at radius 3 is 2.70 bits per heavy atom. The average Bonchev–Trinajstić information content (AvgIpc) is 3.32. The Bertz CT molecular complexity index is 843. The second kappa shape index (κ2) is 9.61. The number of hydrogen-bond donors (Lipinski definition) is 0. The van der Waals surface area contributed by atoms with Gasteiger partial charge in [0.25, 0.3) is 0 Å². The first-order chi connectivity index (χ1) is 14.7. The zero-order chi connectivity index (χ0) is 20.9. The first kappa shape index (κ1) is 20.9. The highest BCUT2D eigenvalue weighted by Gasteiger charge is 2.32. The second-order valence-corrected chi connectivity index (χ2v) is 8.73. The minimum Gasteiger partial charge on any atom is -0.355 e. The minimum absolute atomic E-state index is 0.149. The van der Waals surface area contributed by atoms with Gasteiger partial charge < -0.3 is 9.80 Å². The number of rotatable bonds is 6. The van der Waals surface area contributed by atoms with Crippen molar-refractivity contribution in [2.45, 2.75) is 38.3 Å². The van der Waals surface area contributed by atoms with E-state index in [1.807, 2.05) is 17.5 Å². The fraction of sp³-hybridized carbons (Fsp3) is 0.571. The van der Waals surface area contributed by atoms with Crippen LogP contribution >= 0.6 is 11.5 Å². The van der Waals surface area contributed by atoms with E-state index in [4.69, 9.17) is 0 Å². The molecule has 160 valence electrons. The van der Waals surface area contributed by atoms with Crippen molar-refractivity contribution in [3.05, 3.63) is 29.4 Å². The molecule has 4 heterocycles. The van der Waals surface area contributed by atoms with E-state index in [1.54, 1.807) is 6.20 Å². The van der Waals surface area contributed by atoms with Crippen molar-refractivity contribution in [2.24, 2.45) is 10.9 Å². The quantitative estimate of drug-likeness (QED) is 0.660.